The van der Waals surface area contributed by atoms with E-state index in [4.69, 9.17) is 5.73 Å². The third-order valence-corrected chi connectivity index (χ3v) is 3.35. The third kappa shape index (κ3) is 2.17. The molecule has 0 spiro atoms. The number of anilines is 1. The summed E-state index contributed by atoms with van der Waals surface area (Å²) >= 11 is 0. The molecule has 19 heavy (non-hydrogen) atoms. The summed E-state index contributed by atoms with van der Waals surface area (Å²) in [7, 11) is 0. The van der Waals surface area contributed by atoms with Crippen molar-refractivity contribution in [2.45, 2.75) is 20.3 Å². The number of rotatable bonds is 2. The number of aromatic amines is 1. The predicted octanol–water partition coefficient (Wildman–Crippen LogP) is 2.75. The van der Waals surface area contributed by atoms with E-state index in [-0.39, 0.29) is 0 Å². The van der Waals surface area contributed by atoms with Gasteiger partial charge in [0.15, 0.2) is 0 Å². The second kappa shape index (κ2) is 4.39. The van der Waals surface area contributed by atoms with Crippen LogP contribution in [0.1, 0.15) is 22.4 Å². The van der Waals surface area contributed by atoms with Crippen LogP contribution in [0.4, 0.5) is 5.82 Å². The molecule has 3 N–H and O–H groups in total. The van der Waals surface area contributed by atoms with Crippen LogP contribution in [0.5, 0.6) is 0 Å². The number of fused-ring (bicyclic) bond motifs is 1. The van der Waals surface area contributed by atoms with Crippen molar-refractivity contribution in [2.24, 2.45) is 0 Å². The monoisotopic (exact) mass is 252 g/mol. The van der Waals surface area contributed by atoms with E-state index in [1.165, 1.54) is 22.1 Å². The average Bonchev–Trinajstić information content (AvgIpc) is 2.75. The van der Waals surface area contributed by atoms with Crippen molar-refractivity contribution < 1.29 is 0 Å². The highest BCUT2D eigenvalue weighted by Gasteiger charge is 2.08. The largest absolute Gasteiger partial charge is 0.384 e. The zero-order valence-corrected chi connectivity index (χ0v) is 11.1. The maximum absolute atomic E-state index is 5.68. The molecule has 4 heteroatoms. The summed E-state index contributed by atoms with van der Waals surface area (Å²) in [5, 5.41) is 1.18. The number of nitrogens with two attached hydrogens (primary N) is 1. The van der Waals surface area contributed by atoms with Crippen LogP contribution < -0.4 is 5.73 Å². The molecule has 3 heterocycles. The van der Waals surface area contributed by atoms with Crippen LogP contribution in [0.2, 0.25) is 0 Å². The van der Waals surface area contributed by atoms with Gasteiger partial charge in [0.2, 0.25) is 0 Å². The minimum atomic E-state index is 0.567. The molecule has 0 aromatic carbocycles. The third-order valence-electron chi connectivity index (χ3n) is 3.35. The molecule has 0 atom stereocenters. The minimum absolute atomic E-state index is 0.567. The van der Waals surface area contributed by atoms with Crippen LogP contribution in [0.3, 0.4) is 0 Å². The van der Waals surface area contributed by atoms with Gasteiger partial charge in [-0.2, -0.15) is 0 Å². The fourth-order valence-corrected chi connectivity index (χ4v) is 2.31. The first-order chi connectivity index (χ1) is 9.13. The molecule has 0 aliphatic rings. The molecular weight excluding hydrogens is 236 g/mol. The van der Waals surface area contributed by atoms with Crippen molar-refractivity contribution in [3.63, 3.8) is 0 Å². The fourth-order valence-electron chi connectivity index (χ4n) is 2.31. The molecule has 0 aliphatic carbocycles. The minimum Gasteiger partial charge on any atom is -0.384 e. The Bertz CT molecular complexity index is 743. The summed E-state index contributed by atoms with van der Waals surface area (Å²) in [6, 6.07) is 6.05. The second-order valence-corrected chi connectivity index (χ2v) is 4.88. The van der Waals surface area contributed by atoms with Crippen molar-refractivity contribution in [1.82, 2.24) is 15.0 Å². The van der Waals surface area contributed by atoms with E-state index < -0.39 is 0 Å². The van der Waals surface area contributed by atoms with Gasteiger partial charge in [-0.3, -0.25) is 0 Å². The number of nitrogen functional groups attached to an aromatic ring is 1. The lowest BCUT2D eigenvalue weighted by atomic mass is 10.0. The van der Waals surface area contributed by atoms with Gasteiger partial charge >= 0.3 is 0 Å². The van der Waals surface area contributed by atoms with E-state index >= 15 is 0 Å². The first kappa shape index (κ1) is 11.7. The highest BCUT2D eigenvalue weighted by Crippen LogP contribution is 2.21. The van der Waals surface area contributed by atoms with E-state index in [0.29, 0.717) is 5.82 Å². The number of aromatic nitrogens is 3. The molecule has 0 aliphatic heterocycles. The first-order valence-corrected chi connectivity index (χ1v) is 6.28. The molecule has 96 valence electrons. The van der Waals surface area contributed by atoms with Crippen LogP contribution in [-0.2, 0) is 6.42 Å². The molecule has 0 amide bonds. The Morgan fingerprint density at radius 2 is 2.05 bits per heavy atom. The molecular formula is C15H16N4. The molecule has 0 fully saturated rings. The van der Waals surface area contributed by atoms with Crippen LogP contribution >= 0.6 is 0 Å². The summed E-state index contributed by atoms with van der Waals surface area (Å²) in [4.78, 5) is 11.9. The normalized spacial score (nSPS) is 11.1. The van der Waals surface area contributed by atoms with Crippen LogP contribution in [-0.4, -0.2) is 15.0 Å². The van der Waals surface area contributed by atoms with Crippen LogP contribution in [0, 0.1) is 13.8 Å². The molecule has 4 nitrogen and oxygen atoms in total. The number of hydrogen-bond donors (Lipinski definition) is 2. The van der Waals surface area contributed by atoms with Gasteiger partial charge in [0, 0.05) is 29.9 Å². The molecule has 0 bridgehead atoms. The fraction of sp³-hybridized carbons (Fsp3) is 0.200. The van der Waals surface area contributed by atoms with Crippen molar-refractivity contribution in [3.05, 3.63) is 53.0 Å². The standard InChI is InChI=1S/C15H16N4/c1-9-5-13-12(8-18-15(13)17-7-9)6-11-3-4-14(16)19-10(11)2/h3-5,7-8H,6H2,1-2H3,(H2,16,19)(H,17,18). The molecule has 3 rings (SSSR count). The zero-order valence-electron chi connectivity index (χ0n) is 11.1. The van der Waals surface area contributed by atoms with Gasteiger partial charge in [0.1, 0.15) is 11.5 Å². The Morgan fingerprint density at radius 3 is 2.84 bits per heavy atom. The van der Waals surface area contributed by atoms with E-state index in [9.17, 15) is 0 Å². The lowest BCUT2D eigenvalue weighted by Gasteiger charge is -2.05. The smallest absolute Gasteiger partial charge is 0.137 e. The molecule has 0 radical (unpaired) electrons. The van der Waals surface area contributed by atoms with Gasteiger partial charge in [0.05, 0.1) is 0 Å². The highest BCUT2D eigenvalue weighted by atomic mass is 14.8. The average molecular weight is 252 g/mol. The Kier molecular flexibility index (Phi) is 2.71. The first-order valence-electron chi connectivity index (χ1n) is 6.28. The molecule has 0 saturated heterocycles. The van der Waals surface area contributed by atoms with Crippen molar-refractivity contribution in [3.8, 4) is 0 Å². The van der Waals surface area contributed by atoms with Gasteiger partial charge in [-0.25, -0.2) is 9.97 Å². The number of aryl methyl sites for hydroxylation is 2. The summed E-state index contributed by atoms with van der Waals surface area (Å²) < 4.78 is 0. The summed E-state index contributed by atoms with van der Waals surface area (Å²) in [6.45, 7) is 4.04. The van der Waals surface area contributed by atoms with E-state index in [1.54, 1.807) is 0 Å². The van der Waals surface area contributed by atoms with Crippen LogP contribution in [0.25, 0.3) is 11.0 Å². The van der Waals surface area contributed by atoms with Crippen molar-refractivity contribution in [2.75, 3.05) is 5.73 Å². The number of nitrogens with zero attached hydrogens (tertiary/aromatic N) is 2. The second-order valence-electron chi connectivity index (χ2n) is 4.88. The predicted molar refractivity (Wildman–Crippen MR) is 77.0 cm³/mol. The number of nitrogens with one attached hydrogen (secondary N) is 1. The zero-order chi connectivity index (χ0) is 13.4. The summed E-state index contributed by atoms with van der Waals surface area (Å²) in [5.74, 6) is 0.567. The van der Waals surface area contributed by atoms with Gasteiger partial charge in [0.25, 0.3) is 0 Å². The molecule has 0 saturated carbocycles. The Morgan fingerprint density at radius 1 is 1.21 bits per heavy atom. The lowest BCUT2D eigenvalue weighted by molar-refractivity contribution is 1.09. The molecule has 3 aromatic heterocycles. The Hall–Kier alpha value is -2.36. The number of pyridine rings is 2. The Labute approximate surface area is 111 Å². The Balaban J connectivity index is 2.03. The maximum Gasteiger partial charge on any atom is 0.137 e. The quantitative estimate of drug-likeness (QED) is 0.737. The van der Waals surface area contributed by atoms with Gasteiger partial charge < -0.3 is 10.7 Å². The van der Waals surface area contributed by atoms with Crippen molar-refractivity contribution >= 4 is 16.9 Å². The number of hydrogen-bond acceptors (Lipinski definition) is 3. The van der Waals surface area contributed by atoms with E-state index in [0.717, 1.165) is 17.8 Å². The van der Waals surface area contributed by atoms with Gasteiger partial charge in [-0.05, 0) is 42.7 Å². The van der Waals surface area contributed by atoms with Gasteiger partial charge in [-0.15, -0.1) is 0 Å². The SMILES string of the molecule is Cc1cnc2[nH]cc(Cc3ccc(N)nc3C)c2c1. The van der Waals surface area contributed by atoms with E-state index in [2.05, 4.69) is 27.9 Å². The summed E-state index contributed by atoms with van der Waals surface area (Å²) in [5.41, 5.74) is 11.2. The topological polar surface area (TPSA) is 67.6 Å². The van der Waals surface area contributed by atoms with Gasteiger partial charge in [-0.1, -0.05) is 6.07 Å². The van der Waals surface area contributed by atoms with E-state index in [1.807, 2.05) is 31.5 Å². The van der Waals surface area contributed by atoms with Crippen LogP contribution in [0.15, 0.2) is 30.6 Å². The lowest BCUT2D eigenvalue weighted by Crippen LogP contribution is -1.98. The summed E-state index contributed by atoms with van der Waals surface area (Å²) in [6.07, 6.45) is 4.73. The molecule has 0 unspecified atom stereocenters. The number of H-pyrrole nitrogens is 1. The van der Waals surface area contributed by atoms with Crippen molar-refractivity contribution in [1.29, 1.82) is 0 Å². The molecule has 3 aromatic rings. The highest BCUT2D eigenvalue weighted by molar-refractivity contribution is 5.80. The maximum atomic E-state index is 5.68.